The average Bonchev–Trinajstić information content (AvgIpc) is 2.80. The summed E-state index contributed by atoms with van der Waals surface area (Å²) in [5, 5.41) is 0. The van der Waals surface area contributed by atoms with Gasteiger partial charge in [0.05, 0.1) is 11.0 Å². The van der Waals surface area contributed by atoms with E-state index in [-0.39, 0.29) is 17.9 Å². The van der Waals surface area contributed by atoms with E-state index in [2.05, 4.69) is 4.98 Å². The van der Waals surface area contributed by atoms with E-state index in [1.165, 1.54) is 6.07 Å². The third kappa shape index (κ3) is 4.69. The van der Waals surface area contributed by atoms with Gasteiger partial charge in [0.2, 0.25) is 11.8 Å². The summed E-state index contributed by atoms with van der Waals surface area (Å²) in [6, 6.07) is 12.1. The molecule has 0 saturated carbocycles. The van der Waals surface area contributed by atoms with Gasteiger partial charge in [0, 0.05) is 51.4 Å². The largest absolute Gasteiger partial charge is 0.474 e. The summed E-state index contributed by atoms with van der Waals surface area (Å²) in [6.07, 6.45) is -1.30. The van der Waals surface area contributed by atoms with Crippen LogP contribution in [0.5, 0.6) is 5.88 Å². The zero-order chi connectivity index (χ0) is 21.9. The lowest BCUT2D eigenvalue weighted by atomic mass is 9.72. The number of hydrogen-bond donors (Lipinski definition) is 0. The number of amides is 1. The quantitative estimate of drug-likeness (QED) is 0.723. The van der Waals surface area contributed by atoms with Crippen molar-refractivity contribution >= 4 is 5.91 Å². The van der Waals surface area contributed by atoms with Crippen LogP contribution in [0.3, 0.4) is 0 Å². The van der Waals surface area contributed by atoms with Gasteiger partial charge in [0.1, 0.15) is 6.10 Å². The fraction of sp³-hybridized carbons (Fsp3) is 0.478. The zero-order valence-electron chi connectivity index (χ0n) is 17.1. The Morgan fingerprint density at radius 2 is 1.74 bits per heavy atom. The lowest BCUT2D eigenvalue weighted by molar-refractivity contribution is -0.143. The molecule has 0 unspecified atom stereocenters. The minimum atomic E-state index is -4.42. The van der Waals surface area contributed by atoms with Gasteiger partial charge in [0.25, 0.3) is 0 Å². The number of piperidine rings is 1. The van der Waals surface area contributed by atoms with Gasteiger partial charge in [-0.25, -0.2) is 4.98 Å². The molecule has 2 saturated heterocycles. The highest BCUT2D eigenvalue weighted by atomic mass is 19.4. The predicted molar refractivity (Wildman–Crippen MR) is 108 cm³/mol. The number of hydrogen-bond acceptors (Lipinski definition) is 4. The van der Waals surface area contributed by atoms with Crippen LogP contribution in [-0.2, 0) is 21.1 Å². The van der Waals surface area contributed by atoms with Crippen molar-refractivity contribution < 1.29 is 27.4 Å². The normalized spacial score (nSPS) is 19.8. The maximum atomic E-state index is 13.6. The van der Waals surface area contributed by atoms with Crippen molar-refractivity contribution in [3.63, 3.8) is 0 Å². The first-order chi connectivity index (χ1) is 14.9. The Morgan fingerprint density at radius 3 is 2.32 bits per heavy atom. The number of carbonyl (C=O) groups is 1. The molecule has 1 aromatic heterocycles. The predicted octanol–water partition coefficient (Wildman–Crippen LogP) is 4.22. The van der Waals surface area contributed by atoms with E-state index in [1.54, 1.807) is 0 Å². The van der Waals surface area contributed by atoms with Gasteiger partial charge >= 0.3 is 6.18 Å². The van der Waals surface area contributed by atoms with E-state index in [4.69, 9.17) is 9.47 Å². The average molecular weight is 434 g/mol. The molecule has 0 spiro atoms. The molecular formula is C23H25F3N2O3. The van der Waals surface area contributed by atoms with Crippen LogP contribution in [0.4, 0.5) is 13.2 Å². The van der Waals surface area contributed by atoms with Crippen LogP contribution in [0.1, 0.15) is 36.8 Å². The monoisotopic (exact) mass is 434 g/mol. The SMILES string of the molecule is O=C(N1CCC(Oc2ccc(C(F)(F)F)cn2)CC1)C1(c2ccccc2)CCOCC1. The van der Waals surface area contributed by atoms with Crippen molar-refractivity contribution in [2.75, 3.05) is 26.3 Å². The second-order valence-corrected chi connectivity index (χ2v) is 8.05. The highest BCUT2D eigenvalue weighted by molar-refractivity contribution is 5.88. The number of halogens is 3. The number of alkyl halides is 3. The molecule has 2 aliphatic heterocycles. The molecule has 2 aromatic rings. The maximum absolute atomic E-state index is 13.6. The van der Waals surface area contributed by atoms with Crippen LogP contribution in [0.15, 0.2) is 48.7 Å². The van der Waals surface area contributed by atoms with Crippen LogP contribution in [-0.4, -0.2) is 48.2 Å². The summed E-state index contributed by atoms with van der Waals surface area (Å²) in [7, 11) is 0. The van der Waals surface area contributed by atoms with E-state index >= 15 is 0 Å². The number of rotatable bonds is 4. The molecular weight excluding hydrogens is 409 g/mol. The molecule has 0 aliphatic carbocycles. The summed E-state index contributed by atoms with van der Waals surface area (Å²) in [4.78, 5) is 19.3. The standard InChI is InChI=1S/C23H25F3N2O3/c24-23(25,26)18-6-7-20(27-16-18)31-19-8-12-28(13-9-19)21(29)22(10-14-30-15-11-22)17-4-2-1-3-5-17/h1-7,16,19H,8-15H2. The fourth-order valence-corrected chi connectivity index (χ4v) is 4.37. The Hall–Kier alpha value is -2.61. The van der Waals surface area contributed by atoms with Gasteiger partial charge in [-0.1, -0.05) is 30.3 Å². The lowest BCUT2D eigenvalue weighted by Crippen LogP contribution is -2.53. The summed E-state index contributed by atoms with van der Waals surface area (Å²) in [6.45, 7) is 2.19. The van der Waals surface area contributed by atoms with Crippen molar-refractivity contribution in [2.24, 2.45) is 0 Å². The molecule has 5 nitrogen and oxygen atoms in total. The van der Waals surface area contributed by atoms with Gasteiger partial charge in [-0.2, -0.15) is 13.2 Å². The summed E-state index contributed by atoms with van der Waals surface area (Å²) in [5.41, 5.74) is -0.346. The molecule has 31 heavy (non-hydrogen) atoms. The van der Waals surface area contributed by atoms with E-state index in [0.717, 1.165) is 17.8 Å². The molecule has 0 radical (unpaired) electrons. The maximum Gasteiger partial charge on any atom is 0.417 e. The molecule has 2 aliphatic rings. The minimum absolute atomic E-state index is 0.119. The van der Waals surface area contributed by atoms with Crippen molar-refractivity contribution in [2.45, 2.75) is 43.4 Å². The van der Waals surface area contributed by atoms with Crippen molar-refractivity contribution in [1.82, 2.24) is 9.88 Å². The Morgan fingerprint density at radius 1 is 1.06 bits per heavy atom. The lowest BCUT2D eigenvalue weighted by Gasteiger charge is -2.42. The summed E-state index contributed by atoms with van der Waals surface area (Å²) < 4.78 is 49.3. The zero-order valence-corrected chi connectivity index (χ0v) is 17.1. The fourth-order valence-electron chi connectivity index (χ4n) is 4.37. The molecule has 1 aromatic carbocycles. The Balaban J connectivity index is 1.39. The third-order valence-electron chi connectivity index (χ3n) is 6.16. The van der Waals surface area contributed by atoms with Crippen LogP contribution in [0, 0.1) is 0 Å². The third-order valence-corrected chi connectivity index (χ3v) is 6.16. The molecule has 1 amide bonds. The summed E-state index contributed by atoms with van der Waals surface area (Å²) >= 11 is 0. The molecule has 8 heteroatoms. The first-order valence-corrected chi connectivity index (χ1v) is 10.5. The first kappa shape index (κ1) is 21.6. The highest BCUT2D eigenvalue weighted by Crippen LogP contribution is 2.37. The van der Waals surface area contributed by atoms with Crippen LogP contribution >= 0.6 is 0 Å². The summed E-state index contributed by atoms with van der Waals surface area (Å²) in [5.74, 6) is 0.288. The number of aromatic nitrogens is 1. The number of carbonyl (C=O) groups excluding carboxylic acids is 1. The first-order valence-electron chi connectivity index (χ1n) is 10.5. The molecule has 4 rings (SSSR count). The van der Waals surface area contributed by atoms with Gasteiger partial charge < -0.3 is 14.4 Å². The number of nitrogens with zero attached hydrogens (tertiary/aromatic N) is 2. The van der Waals surface area contributed by atoms with Crippen LogP contribution in [0.2, 0.25) is 0 Å². The van der Waals surface area contributed by atoms with Gasteiger partial charge in [-0.3, -0.25) is 4.79 Å². The van der Waals surface area contributed by atoms with Gasteiger partial charge in [-0.15, -0.1) is 0 Å². The molecule has 2 fully saturated rings. The Labute approximate surface area is 179 Å². The molecule has 0 atom stereocenters. The van der Waals surface area contributed by atoms with E-state index in [0.29, 0.717) is 52.0 Å². The van der Waals surface area contributed by atoms with E-state index < -0.39 is 17.2 Å². The van der Waals surface area contributed by atoms with Crippen LogP contribution in [0.25, 0.3) is 0 Å². The van der Waals surface area contributed by atoms with Crippen molar-refractivity contribution in [1.29, 1.82) is 0 Å². The van der Waals surface area contributed by atoms with Gasteiger partial charge in [-0.05, 0) is 24.5 Å². The number of likely N-dealkylation sites (tertiary alicyclic amines) is 1. The van der Waals surface area contributed by atoms with E-state index in [1.807, 2.05) is 35.2 Å². The number of pyridine rings is 1. The van der Waals surface area contributed by atoms with Crippen LogP contribution < -0.4 is 4.74 Å². The minimum Gasteiger partial charge on any atom is -0.474 e. The van der Waals surface area contributed by atoms with Crippen molar-refractivity contribution in [3.05, 3.63) is 59.8 Å². The van der Waals surface area contributed by atoms with Crippen molar-refractivity contribution in [3.8, 4) is 5.88 Å². The Kier molecular flexibility index (Phi) is 6.18. The number of ether oxygens (including phenoxy) is 2. The number of benzene rings is 1. The second-order valence-electron chi connectivity index (χ2n) is 8.05. The topological polar surface area (TPSA) is 51.7 Å². The molecule has 166 valence electrons. The molecule has 0 N–H and O–H groups in total. The smallest absolute Gasteiger partial charge is 0.417 e. The molecule has 0 bridgehead atoms. The molecule has 3 heterocycles. The van der Waals surface area contributed by atoms with Gasteiger partial charge in [0.15, 0.2) is 0 Å². The Bertz CT molecular complexity index is 873. The van der Waals surface area contributed by atoms with E-state index in [9.17, 15) is 18.0 Å². The highest BCUT2D eigenvalue weighted by Gasteiger charge is 2.44. The second kappa shape index (κ2) is 8.86.